The van der Waals surface area contributed by atoms with E-state index in [9.17, 15) is 19.2 Å². The quantitative estimate of drug-likeness (QED) is 0.105. The minimum Gasteiger partial charge on any atom is -0.460 e. The van der Waals surface area contributed by atoms with Crippen molar-refractivity contribution in [2.75, 3.05) is 23.4 Å². The fraction of sp³-hybridized carbons (Fsp3) is 0.476. The summed E-state index contributed by atoms with van der Waals surface area (Å²) in [6.07, 6.45) is 3.44. The molecule has 306 valence electrons. The fourth-order valence-electron chi connectivity index (χ4n) is 6.23. The maximum absolute atomic E-state index is 14.1. The maximum Gasteiger partial charge on any atom is 0.329 e. The first-order chi connectivity index (χ1) is 26.7. The largest absolute Gasteiger partial charge is 0.460 e. The van der Waals surface area contributed by atoms with Gasteiger partial charge in [0.05, 0.1) is 18.4 Å². The van der Waals surface area contributed by atoms with Crippen molar-refractivity contribution in [3.8, 4) is 0 Å². The third-order valence-electron chi connectivity index (χ3n) is 9.01. The summed E-state index contributed by atoms with van der Waals surface area (Å²) in [6.45, 7) is 15.1. The second-order valence-electron chi connectivity index (χ2n) is 16.1. The third-order valence-corrected chi connectivity index (χ3v) is 9.01. The number of anilines is 3. The Balaban J connectivity index is 1.53. The van der Waals surface area contributed by atoms with Crippen molar-refractivity contribution in [1.82, 2.24) is 30.6 Å². The highest BCUT2D eigenvalue weighted by Crippen LogP contribution is 2.25. The second-order valence-corrected chi connectivity index (χ2v) is 16.1. The van der Waals surface area contributed by atoms with Crippen molar-refractivity contribution < 1.29 is 28.7 Å². The number of aromatic nitrogens is 4. The van der Waals surface area contributed by atoms with Crippen LogP contribution >= 0.6 is 0 Å². The average molecular weight is 784 g/mol. The Morgan fingerprint density at radius 1 is 0.842 bits per heavy atom. The topological polar surface area (TPSA) is 218 Å². The summed E-state index contributed by atoms with van der Waals surface area (Å²) in [5, 5.41) is 5.62. The van der Waals surface area contributed by atoms with Gasteiger partial charge < -0.3 is 36.5 Å². The molecule has 4 aromatic rings. The highest BCUT2D eigenvalue weighted by molar-refractivity contribution is 5.98. The van der Waals surface area contributed by atoms with Gasteiger partial charge in [-0.15, -0.1) is 0 Å². The van der Waals surface area contributed by atoms with Gasteiger partial charge in [-0.3, -0.25) is 14.4 Å². The molecule has 0 saturated heterocycles. The number of nitrogen functional groups attached to an aromatic ring is 2. The lowest BCUT2D eigenvalue weighted by Crippen LogP contribution is -2.53. The maximum atomic E-state index is 14.1. The van der Waals surface area contributed by atoms with Crippen molar-refractivity contribution in [2.24, 2.45) is 0 Å². The molecular weight excluding hydrogens is 727 g/mol. The number of hydrogen-bond donors (Lipinski definition) is 4. The van der Waals surface area contributed by atoms with E-state index in [1.807, 2.05) is 24.1 Å². The lowest BCUT2D eigenvalue weighted by atomic mass is 9.91. The van der Waals surface area contributed by atoms with Crippen molar-refractivity contribution in [2.45, 2.75) is 123 Å². The first-order valence-corrected chi connectivity index (χ1v) is 19.3. The van der Waals surface area contributed by atoms with Gasteiger partial charge in [0.15, 0.2) is 17.0 Å². The van der Waals surface area contributed by atoms with E-state index in [4.69, 9.17) is 20.9 Å². The molecule has 57 heavy (non-hydrogen) atoms. The van der Waals surface area contributed by atoms with Gasteiger partial charge in [0.2, 0.25) is 11.9 Å². The molecule has 0 aliphatic heterocycles. The van der Waals surface area contributed by atoms with Crippen LogP contribution in [-0.2, 0) is 36.8 Å². The van der Waals surface area contributed by atoms with Gasteiger partial charge in [0, 0.05) is 31.1 Å². The van der Waals surface area contributed by atoms with Gasteiger partial charge in [-0.05, 0) is 102 Å². The number of esters is 2. The van der Waals surface area contributed by atoms with Crippen LogP contribution in [0.1, 0.15) is 114 Å². The first kappa shape index (κ1) is 43.9. The lowest BCUT2D eigenvalue weighted by molar-refractivity contribution is -0.159. The number of nitrogens with one attached hydrogen (secondary N) is 2. The summed E-state index contributed by atoms with van der Waals surface area (Å²) in [6, 6.07) is 12.5. The van der Waals surface area contributed by atoms with E-state index in [1.54, 1.807) is 72.0 Å². The van der Waals surface area contributed by atoms with Crippen molar-refractivity contribution in [1.29, 1.82) is 0 Å². The number of amides is 2. The predicted molar refractivity (Wildman–Crippen MR) is 220 cm³/mol. The summed E-state index contributed by atoms with van der Waals surface area (Å²) in [5.74, 6) is -1.83. The Kier molecular flexibility index (Phi) is 14.5. The van der Waals surface area contributed by atoms with Crippen LogP contribution in [0, 0.1) is 0 Å². The van der Waals surface area contributed by atoms with Crippen LogP contribution in [0.5, 0.6) is 0 Å². The Morgan fingerprint density at radius 3 is 2.14 bits per heavy atom. The molecule has 4 rings (SSSR count). The Labute approximate surface area is 334 Å². The molecule has 0 unspecified atom stereocenters. The molecule has 0 aliphatic rings. The van der Waals surface area contributed by atoms with E-state index >= 15 is 0 Å². The van der Waals surface area contributed by atoms with Gasteiger partial charge in [0.25, 0.3) is 5.91 Å². The predicted octanol–water partition coefficient (Wildman–Crippen LogP) is 5.41. The molecule has 15 nitrogen and oxygen atoms in total. The molecule has 2 amide bonds. The third kappa shape index (κ3) is 13.1. The Bertz CT molecular complexity index is 2040. The first-order valence-electron chi connectivity index (χ1n) is 19.3. The Morgan fingerprint density at radius 2 is 1.51 bits per heavy atom. The smallest absolute Gasteiger partial charge is 0.329 e. The molecule has 0 radical (unpaired) electrons. The normalized spacial score (nSPS) is 12.8. The summed E-state index contributed by atoms with van der Waals surface area (Å²) in [5.41, 5.74) is 14.4. The number of rotatable bonds is 16. The SMILES string of the molecule is CCC(CC)c1cccc(C[C@H](NC(=O)[C@H](CCC(=O)OC(C)(C)C)NC(=O)c2ccc(N(C)Cc3cnc4nc(N)nc(N)c4n3)cc2)C(=O)OC(C)(C)C)c1. The van der Waals surface area contributed by atoms with E-state index in [2.05, 4.69) is 56.5 Å². The molecule has 2 aromatic heterocycles. The summed E-state index contributed by atoms with van der Waals surface area (Å²) < 4.78 is 11.2. The monoisotopic (exact) mass is 783 g/mol. The molecule has 2 atom stereocenters. The minimum atomic E-state index is -1.19. The summed E-state index contributed by atoms with van der Waals surface area (Å²) in [4.78, 5) is 72.9. The zero-order chi connectivity index (χ0) is 42.1. The average Bonchev–Trinajstić information content (AvgIpc) is 3.12. The molecule has 6 N–H and O–H groups in total. The number of nitrogens with zero attached hydrogens (tertiary/aromatic N) is 5. The molecular formula is C42H57N9O6. The van der Waals surface area contributed by atoms with Crippen LogP contribution in [-0.4, -0.2) is 74.0 Å². The van der Waals surface area contributed by atoms with Gasteiger partial charge in [-0.1, -0.05) is 38.1 Å². The number of nitrogens with two attached hydrogens (primary N) is 2. The lowest BCUT2D eigenvalue weighted by Gasteiger charge is -2.27. The van der Waals surface area contributed by atoms with Gasteiger partial charge >= 0.3 is 11.9 Å². The van der Waals surface area contributed by atoms with Gasteiger partial charge in [-0.2, -0.15) is 9.97 Å². The molecule has 2 aromatic carbocycles. The number of carbonyl (C=O) groups is 4. The number of carbonyl (C=O) groups excluding carboxylic acids is 4. The molecule has 0 spiro atoms. The van der Waals surface area contributed by atoms with Crippen molar-refractivity contribution in [3.63, 3.8) is 0 Å². The van der Waals surface area contributed by atoms with Crippen LogP contribution in [0.3, 0.4) is 0 Å². The number of fused-ring (bicyclic) bond motifs is 1. The van der Waals surface area contributed by atoms with Crippen LogP contribution in [0.4, 0.5) is 17.5 Å². The van der Waals surface area contributed by atoms with Crippen LogP contribution in [0.15, 0.2) is 54.7 Å². The zero-order valence-electron chi connectivity index (χ0n) is 34.5. The van der Waals surface area contributed by atoms with Gasteiger partial charge in [-0.25, -0.2) is 14.8 Å². The van der Waals surface area contributed by atoms with E-state index in [0.29, 0.717) is 29.3 Å². The number of ether oxygens (including phenoxy) is 2. The zero-order valence-corrected chi connectivity index (χ0v) is 34.5. The Hall–Kier alpha value is -5.86. The molecule has 0 bridgehead atoms. The molecule has 0 saturated carbocycles. The van der Waals surface area contributed by atoms with E-state index in [-0.39, 0.29) is 36.6 Å². The van der Waals surface area contributed by atoms with Crippen LogP contribution in [0.25, 0.3) is 11.2 Å². The highest BCUT2D eigenvalue weighted by atomic mass is 16.6. The van der Waals surface area contributed by atoms with E-state index in [1.165, 1.54) is 0 Å². The van der Waals surface area contributed by atoms with Gasteiger partial charge in [0.1, 0.15) is 23.3 Å². The fourth-order valence-corrected chi connectivity index (χ4v) is 6.23. The summed E-state index contributed by atoms with van der Waals surface area (Å²) >= 11 is 0. The second kappa shape index (κ2) is 18.9. The molecule has 15 heteroatoms. The number of hydrogen-bond acceptors (Lipinski definition) is 13. The van der Waals surface area contributed by atoms with Crippen molar-refractivity contribution in [3.05, 3.63) is 77.1 Å². The van der Waals surface area contributed by atoms with Crippen molar-refractivity contribution >= 4 is 52.4 Å². The van der Waals surface area contributed by atoms with E-state index in [0.717, 1.165) is 29.7 Å². The summed E-state index contributed by atoms with van der Waals surface area (Å²) in [7, 11) is 1.85. The molecule has 0 aliphatic carbocycles. The molecule has 0 fully saturated rings. The van der Waals surface area contributed by atoms with Crippen LogP contribution < -0.4 is 27.0 Å². The van der Waals surface area contributed by atoms with E-state index < -0.39 is 47.0 Å². The highest BCUT2D eigenvalue weighted by Gasteiger charge is 2.31. The standard InChI is InChI=1S/C42H57N9O6/c1-10-26(11-2)28-14-12-13-25(21-28)22-32(39(55)57-42(6,7)8)48-38(54)31(19-20-33(52)56-41(3,4)5)47-37(53)27-15-17-30(18-16-27)51(9)24-29-23-45-36-34(46-29)35(43)49-40(44)50-36/h12-18,21,23,26,31-32H,10-11,19-20,22,24H2,1-9H3,(H,47,53)(H,48,54)(H4,43,44,45,49,50)/t31-,32-/m0/s1. The minimum absolute atomic E-state index is 0.0113. The number of benzene rings is 2. The molecule has 2 heterocycles. The van der Waals surface area contributed by atoms with Crippen LogP contribution in [0.2, 0.25) is 0 Å².